The molecule has 1 N–H and O–H groups in total. The lowest BCUT2D eigenvalue weighted by Gasteiger charge is -2.36. The number of carboxylic acids is 1. The second kappa shape index (κ2) is 5.99. The van der Waals surface area contributed by atoms with E-state index >= 15 is 0 Å². The topological polar surface area (TPSA) is 88.8 Å². The van der Waals surface area contributed by atoms with Gasteiger partial charge >= 0.3 is 5.97 Å². The lowest BCUT2D eigenvalue weighted by Crippen LogP contribution is -2.34. The Morgan fingerprint density at radius 3 is 2.52 bits per heavy atom. The number of carboxylic acid groups (broad SMARTS) is 1. The lowest BCUT2D eigenvalue weighted by molar-refractivity contribution is -0.143. The third-order valence-corrected chi connectivity index (χ3v) is 4.79. The van der Waals surface area contributed by atoms with Gasteiger partial charge in [-0.3, -0.25) is 4.79 Å². The first-order valence-electron chi connectivity index (χ1n) is 7.72. The van der Waals surface area contributed by atoms with Gasteiger partial charge in [-0.25, -0.2) is 0 Å². The molecule has 0 atom stereocenters. The SMILES string of the molecule is COc1ccc([C@]2(C#N)CC[C@H](C(=O)O)CC2)c2c1OCCO2. The minimum Gasteiger partial charge on any atom is -0.493 e. The van der Waals surface area contributed by atoms with Crippen molar-refractivity contribution in [2.75, 3.05) is 20.3 Å². The molecule has 23 heavy (non-hydrogen) atoms. The molecule has 1 heterocycles. The predicted octanol–water partition coefficient (Wildman–Crippen LogP) is 2.50. The van der Waals surface area contributed by atoms with E-state index in [4.69, 9.17) is 19.3 Å². The van der Waals surface area contributed by atoms with Gasteiger partial charge in [-0.05, 0) is 37.8 Å². The fraction of sp³-hybridized carbons (Fsp3) is 0.529. The van der Waals surface area contributed by atoms with Crippen LogP contribution in [0.5, 0.6) is 17.2 Å². The molecule has 6 heteroatoms. The van der Waals surface area contributed by atoms with Crippen LogP contribution in [0, 0.1) is 17.2 Å². The molecule has 0 amide bonds. The highest BCUT2D eigenvalue weighted by Gasteiger charge is 2.42. The third kappa shape index (κ3) is 2.56. The fourth-order valence-electron chi connectivity index (χ4n) is 3.45. The Balaban J connectivity index is 2.00. The monoisotopic (exact) mass is 317 g/mol. The fourth-order valence-corrected chi connectivity index (χ4v) is 3.45. The lowest BCUT2D eigenvalue weighted by atomic mass is 9.67. The van der Waals surface area contributed by atoms with Crippen molar-refractivity contribution in [2.45, 2.75) is 31.1 Å². The van der Waals surface area contributed by atoms with Gasteiger partial charge in [0.25, 0.3) is 0 Å². The van der Waals surface area contributed by atoms with Crippen molar-refractivity contribution in [3.8, 4) is 23.3 Å². The molecule has 0 bridgehead atoms. The molecule has 2 aliphatic rings. The minimum absolute atomic E-state index is 0.372. The number of methoxy groups -OCH3 is 1. The maximum Gasteiger partial charge on any atom is 0.306 e. The summed E-state index contributed by atoms with van der Waals surface area (Å²) in [4.78, 5) is 11.2. The molecule has 0 spiro atoms. The largest absolute Gasteiger partial charge is 0.493 e. The van der Waals surface area contributed by atoms with Crippen molar-refractivity contribution in [1.29, 1.82) is 5.26 Å². The van der Waals surface area contributed by atoms with Crippen molar-refractivity contribution < 1.29 is 24.1 Å². The summed E-state index contributed by atoms with van der Waals surface area (Å²) in [5.41, 5.74) is 0.0440. The molecule has 3 rings (SSSR count). The van der Waals surface area contributed by atoms with Crippen LogP contribution >= 0.6 is 0 Å². The quantitative estimate of drug-likeness (QED) is 0.921. The van der Waals surface area contributed by atoms with Crippen LogP contribution in [0.2, 0.25) is 0 Å². The molecular weight excluding hydrogens is 298 g/mol. The Morgan fingerprint density at radius 1 is 1.30 bits per heavy atom. The number of hydrogen-bond donors (Lipinski definition) is 1. The average molecular weight is 317 g/mol. The molecule has 0 aromatic heterocycles. The van der Waals surface area contributed by atoms with Gasteiger partial charge in [0.05, 0.1) is 24.5 Å². The molecule has 1 aliphatic carbocycles. The van der Waals surface area contributed by atoms with E-state index in [1.807, 2.05) is 6.07 Å². The average Bonchev–Trinajstić information content (AvgIpc) is 2.60. The van der Waals surface area contributed by atoms with E-state index in [0.717, 1.165) is 5.56 Å². The van der Waals surface area contributed by atoms with Crippen LogP contribution in [0.25, 0.3) is 0 Å². The molecule has 1 fully saturated rings. The van der Waals surface area contributed by atoms with Crippen LogP contribution in [0.4, 0.5) is 0 Å². The highest BCUT2D eigenvalue weighted by Crippen LogP contribution is 2.50. The minimum atomic E-state index is -0.784. The standard InChI is InChI=1S/C17H19NO5/c1-21-13-3-2-12(14-15(13)23-9-8-22-14)17(10-18)6-4-11(5-7-17)16(19)20/h2-3,11H,4-9H2,1H3,(H,19,20)/t11-,17+. The number of carbonyl (C=O) groups is 1. The Kier molecular flexibility index (Phi) is 4.03. The first-order valence-corrected chi connectivity index (χ1v) is 7.72. The second-order valence-corrected chi connectivity index (χ2v) is 5.98. The van der Waals surface area contributed by atoms with Crippen LogP contribution in [-0.2, 0) is 10.2 Å². The number of hydrogen-bond acceptors (Lipinski definition) is 5. The summed E-state index contributed by atoms with van der Waals surface area (Å²) in [6.07, 6.45) is 1.99. The zero-order chi connectivity index (χ0) is 16.4. The van der Waals surface area contributed by atoms with E-state index in [-0.39, 0.29) is 5.92 Å². The van der Waals surface area contributed by atoms with Crippen LogP contribution in [0.15, 0.2) is 12.1 Å². The molecule has 0 unspecified atom stereocenters. The van der Waals surface area contributed by atoms with Gasteiger partial charge in [0.15, 0.2) is 11.5 Å². The number of nitrogens with zero attached hydrogens (tertiary/aromatic N) is 1. The first-order chi connectivity index (χ1) is 11.1. The van der Waals surface area contributed by atoms with Crippen molar-refractivity contribution in [1.82, 2.24) is 0 Å². The molecular formula is C17H19NO5. The summed E-state index contributed by atoms with van der Waals surface area (Å²) in [5, 5.41) is 19.0. The molecule has 1 aliphatic heterocycles. The Morgan fingerprint density at radius 2 is 1.96 bits per heavy atom. The number of aliphatic carboxylic acids is 1. The van der Waals surface area contributed by atoms with Crippen molar-refractivity contribution in [2.24, 2.45) is 5.92 Å². The maximum absolute atomic E-state index is 11.2. The molecule has 1 saturated carbocycles. The van der Waals surface area contributed by atoms with Crippen LogP contribution in [0.3, 0.4) is 0 Å². The van der Waals surface area contributed by atoms with Gasteiger partial charge in [0.1, 0.15) is 13.2 Å². The molecule has 122 valence electrons. The normalized spacial score (nSPS) is 26.2. The highest BCUT2D eigenvalue weighted by molar-refractivity contribution is 5.70. The van der Waals surface area contributed by atoms with Crippen molar-refractivity contribution >= 4 is 5.97 Å². The van der Waals surface area contributed by atoms with Gasteiger partial charge in [-0.2, -0.15) is 5.26 Å². The predicted molar refractivity (Wildman–Crippen MR) is 80.9 cm³/mol. The maximum atomic E-state index is 11.2. The number of fused-ring (bicyclic) bond motifs is 1. The van der Waals surface area contributed by atoms with Gasteiger partial charge in [0, 0.05) is 5.56 Å². The Hall–Kier alpha value is -2.42. The van der Waals surface area contributed by atoms with Crippen molar-refractivity contribution in [3.05, 3.63) is 17.7 Å². The summed E-state index contributed by atoms with van der Waals surface area (Å²) < 4.78 is 16.8. The number of nitriles is 1. The van der Waals surface area contributed by atoms with Gasteiger partial charge in [-0.1, -0.05) is 0 Å². The number of benzene rings is 1. The first kappa shape index (κ1) is 15.5. The van der Waals surface area contributed by atoms with Gasteiger partial charge in [-0.15, -0.1) is 0 Å². The van der Waals surface area contributed by atoms with Crippen LogP contribution < -0.4 is 14.2 Å². The number of rotatable bonds is 3. The zero-order valence-electron chi connectivity index (χ0n) is 13.0. The van der Waals surface area contributed by atoms with E-state index in [2.05, 4.69) is 6.07 Å². The van der Waals surface area contributed by atoms with E-state index in [0.29, 0.717) is 56.1 Å². The zero-order valence-corrected chi connectivity index (χ0v) is 13.0. The van der Waals surface area contributed by atoms with E-state index in [1.54, 1.807) is 13.2 Å². The highest BCUT2D eigenvalue weighted by atomic mass is 16.6. The summed E-state index contributed by atoms with van der Waals surface area (Å²) in [6.45, 7) is 0.861. The van der Waals surface area contributed by atoms with Gasteiger partial charge in [0.2, 0.25) is 5.75 Å². The molecule has 0 saturated heterocycles. The van der Waals surface area contributed by atoms with Crippen molar-refractivity contribution in [3.63, 3.8) is 0 Å². The summed E-state index contributed by atoms with van der Waals surface area (Å²) in [6, 6.07) is 6.04. The van der Waals surface area contributed by atoms with Crippen LogP contribution in [0.1, 0.15) is 31.2 Å². The summed E-state index contributed by atoms with van der Waals surface area (Å²) >= 11 is 0. The van der Waals surface area contributed by atoms with Crippen LogP contribution in [-0.4, -0.2) is 31.4 Å². The second-order valence-electron chi connectivity index (χ2n) is 5.98. The molecule has 0 radical (unpaired) electrons. The third-order valence-electron chi connectivity index (χ3n) is 4.79. The number of ether oxygens (including phenoxy) is 3. The van der Waals surface area contributed by atoms with E-state index < -0.39 is 11.4 Å². The summed E-state index contributed by atoms with van der Waals surface area (Å²) in [7, 11) is 1.56. The summed E-state index contributed by atoms with van der Waals surface area (Å²) in [5.74, 6) is 0.517. The van der Waals surface area contributed by atoms with E-state index in [9.17, 15) is 10.1 Å². The Labute approximate surface area is 134 Å². The van der Waals surface area contributed by atoms with E-state index in [1.165, 1.54) is 0 Å². The molecule has 1 aromatic carbocycles. The molecule has 1 aromatic rings. The van der Waals surface area contributed by atoms with Gasteiger partial charge < -0.3 is 19.3 Å². The molecule has 6 nitrogen and oxygen atoms in total. The Bertz CT molecular complexity index is 656. The smallest absolute Gasteiger partial charge is 0.306 e.